The second kappa shape index (κ2) is 4.92. The van der Waals surface area contributed by atoms with Crippen molar-refractivity contribution in [3.8, 4) is 0 Å². The fraction of sp³-hybridized carbons (Fsp3) is 0.917. The zero-order valence-corrected chi connectivity index (χ0v) is 11.1. The molecule has 1 saturated heterocycles. The van der Waals surface area contributed by atoms with E-state index < -0.39 is 29.4 Å². The van der Waals surface area contributed by atoms with Crippen LogP contribution in [-0.2, 0) is 19.0 Å². The summed E-state index contributed by atoms with van der Waals surface area (Å²) in [7, 11) is 0. The van der Waals surface area contributed by atoms with Crippen LogP contribution in [0.5, 0.6) is 0 Å². The Hall–Kier alpha value is -0.650. The lowest BCUT2D eigenvalue weighted by molar-refractivity contribution is -0.178. The summed E-state index contributed by atoms with van der Waals surface area (Å²) in [6.07, 6.45) is -1.47. The molecule has 0 amide bonds. The van der Waals surface area contributed by atoms with Gasteiger partial charge in [-0.2, -0.15) is 0 Å². The van der Waals surface area contributed by atoms with Crippen molar-refractivity contribution in [2.24, 2.45) is 5.41 Å². The van der Waals surface area contributed by atoms with Gasteiger partial charge in [-0.05, 0) is 34.6 Å². The minimum atomic E-state index is -1.01. The fourth-order valence-electron chi connectivity index (χ4n) is 1.77. The standard InChI is InChI=1S/C12H22O5/c1-6-15-10(14)11(2,3)9(13)8-7-16-12(4,5)17-8/h8-9,13H,6-7H2,1-5H3/t8-,9-/m1/s1. The van der Waals surface area contributed by atoms with E-state index in [4.69, 9.17) is 14.2 Å². The van der Waals surface area contributed by atoms with Crippen molar-refractivity contribution in [3.05, 3.63) is 0 Å². The number of hydrogen-bond acceptors (Lipinski definition) is 5. The zero-order valence-electron chi connectivity index (χ0n) is 11.1. The predicted octanol–water partition coefficient (Wildman–Crippen LogP) is 1.09. The summed E-state index contributed by atoms with van der Waals surface area (Å²) in [5.74, 6) is -1.14. The van der Waals surface area contributed by atoms with Crippen molar-refractivity contribution in [2.45, 2.75) is 52.6 Å². The van der Waals surface area contributed by atoms with Crippen molar-refractivity contribution >= 4 is 5.97 Å². The average Bonchev–Trinajstić information content (AvgIpc) is 2.58. The molecule has 1 N–H and O–H groups in total. The minimum Gasteiger partial charge on any atom is -0.466 e. The first kappa shape index (κ1) is 14.4. The van der Waals surface area contributed by atoms with Crippen molar-refractivity contribution in [2.75, 3.05) is 13.2 Å². The van der Waals surface area contributed by atoms with Gasteiger partial charge in [0.2, 0.25) is 0 Å². The van der Waals surface area contributed by atoms with E-state index in [-0.39, 0.29) is 6.61 Å². The summed E-state index contributed by atoms with van der Waals surface area (Å²) >= 11 is 0. The van der Waals surface area contributed by atoms with E-state index in [2.05, 4.69) is 0 Å². The van der Waals surface area contributed by atoms with Crippen molar-refractivity contribution in [1.82, 2.24) is 0 Å². The van der Waals surface area contributed by atoms with Gasteiger partial charge in [-0.25, -0.2) is 0 Å². The van der Waals surface area contributed by atoms with E-state index >= 15 is 0 Å². The smallest absolute Gasteiger partial charge is 0.314 e. The van der Waals surface area contributed by atoms with Crippen LogP contribution < -0.4 is 0 Å². The number of hydrogen-bond donors (Lipinski definition) is 1. The molecule has 0 radical (unpaired) electrons. The molecule has 0 spiro atoms. The van der Waals surface area contributed by atoms with Gasteiger partial charge < -0.3 is 19.3 Å². The molecule has 1 fully saturated rings. The Balaban J connectivity index is 2.69. The first-order chi connectivity index (χ1) is 7.70. The monoisotopic (exact) mass is 246 g/mol. The largest absolute Gasteiger partial charge is 0.466 e. The molecule has 0 aromatic heterocycles. The average molecular weight is 246 g/mol. The molecule has 5 nitrogen and oxygen atoms in total. The fourth-order valence-corrected chi connectivity index (χ4v) is 1.77. The first-order valence-corrected chi connectivity index (χ1v) is 5.88. The van der Waals surface area contributed by atoms with Crippen LogP contribution in [0.2, 0.25) is 0 Å². The van der Waals surface area contributed by atoms with Crippen LogP contribution >= 0.6 is 0 Å². The lowest BCUT2D eigenvalue weighted by Crippen LogP contribution is -2.47. The molecule has 0 aliphatic carbocycles. The van der Waals surface area contributed by atoms with E-state index in [0.717, 1.165) is 0 Å². The van der Waals surface area contributed by atoms with Gasteiger partial charge in [0.25, 0.3) is 0 Å². The maximum Gasteiger partial charge on any atom is 0.314 e. The highest BCUT2D eigenvalue weighted by atomic mass is 16.7. The number of esters is 1. The van der Waals surface area contributed by atoms with Crippen LogP contribution in [0, 0.1) is 5.41 Å². The summed E-state index contributed by atoms with van der Waals surface area (Å²) in [5, 5.41) is 10.2. The molecule has 0 aromatic carbocycles. The molecule has 17 heavy (non-hydrogen) atoms. The van der Waals surface area contributed by atoms with E-state index in [1.807, 2.05) is 0 Å². The number of aliphatic hydroxyl groups excluding tert-OH is 1. The number of ether oxygens (including phenoxy) is 3. The molecular weight excluding hydrogens is 224 g/mol. The predicted molar refractivity (Wildman–Crippen MR) is 61.3 cm³/mol. The first-order valence-electron chi connectivity index (χ1n) is 5.88. The third-order valence-electron chi connectivity index (χ3n) is 2.92. The van der Waals surface area contributed by atoms with Crippen molar-refractivity contribution in [3.63, 3.8) is 0 Å². The van der Waals surface area contributed by atoms with Crippen LogP contribution in [-0.4, -0.2) is 42.3 Å². The second-order valence-corrected chi connectivity index (χ2v) is 5.25. The lowest BCUT2D eigenvalue weighted by Gasteiger charge is -2.31. The highest BCUT2D eigenvalue weighted by molar-refractivity contribution is 5.76. The number of rotatable bonds is 4. The van der Waals surface area contributed by atoms with E-state index in [1.165, 1.54) is 0 Å². The molecular formula is C12H22O5. The Kier molecular flexibility index (Phi) is 4.17. The third-order valence-corrected chi connectivity index (χ3v) is 2.92. The van der Waals surface area contributed by atoms with Crippen LogP contribution in [0.3, 0.4) is 0 Å². The second-order valence-electron chi connectivity index (χ2n) is 5.25. The van der Waals surface area contributed by atoms with Gasteiger partial charge in [0.05, 0.1) is 24.7 Å². The number of carbonyl (C=O) groups is 1. The highest BCUT2D eigenvalue weighted by Gasteiger charge is 2.47. The maximum atomic E-state index is 11.7. The molecule has 0 saturated carbocycles. The normalized spacial score (nSPS) is 25.6. The number of aliphatic hydroxyl groups is 1. The molecule has 0 unspecified atom stereocenters. The molecule has 100 valence electrons. The highest BCUT2D eigenvalue weighted by Crippen LogP contribution is 2.32. The van der Waals surface area contributed by atoms with Gasteiger partial charge >= 0.3 is 5.97 Å². The van der Waals surface area contributed by atoms with E-state index in [1.54, 1.807) is 34.6 Å². The minimum absolute atomic E-state index is 0.275. The Morgan fingerprint density at radius 3 is 2.59 bits per heavy atom. The molecule has 0 bridgehead atoms. The van der Waals surface area contributed by atoms with Crippen LogP contribution in [0.15, 0.2) is 0 Å². The Labute approximate surface area is 102 Å². The molecule has 1 heterocycles. The van der Waals surface area contributed by atoms with Gasteiger partial charge in [-0.15, -0.1) is 0 Å². The van der Waals surface area contributed by atoms with Crippen LogP contribution in [0.1, 0.15) is 34.6 Å². The summed E-state index contributed by atoms with van der Waals surface area (Å²) in [6, 6.07) is 0. The van der Waals surface area contributed by atoms with E-state index in [9.17, 15) is 9.90 Å². The van der Waals surface area contributed by atoms with Gasteiger partial charge in [-0.1, -0.05) is 0 Å². The van der Waals surface area contributed by atoms with Crippen molar-refractivity contribution < 1.29 is 24.1 Å². The third kappa shape index (κ3) is 3.18. The quantitative estimate of drug-likeness (QED) is 0.752. The Morgan fingerprint density at radius 1 is 1.59 bits per heavy atom. The van der Waals surface area contributed by atoms with E-state index in [0.29, 0.717) is 6.61 Å². The van der Waals surface area contributed by atoms with Gasteiger partial charge in [0, 0.05) is 0 Å². The Bertz CT molecular complexity index is 285. The molecule has 2 atom stereocenters. The number of carbonyl (C=O) groups excluding carboxylic acids is 1. The molecule has 1 aliphatic heterocycles. The maximum absolute atomic E-state index is 11.7. The van der Waals surface area contributed by atoms with Crippen LogP contribution in [0.25, 0.3) is 0 Å². The zero-order chi connectivity index (χ0) is 13.3. The molecule has 0 aromatic rings. The summed E-state index contributed by atoms with van der Waals surface area (Å²) in [5.41, 5.74) is -1.01. The molecule has 1 rings (SSSR count). The lowest BCUT2D eigenvalue weighted by atomic mass is 9.83. The summed E-state index contributed by atoms with van der Waals surface area (Å²) in [6.45, 7) is 9.14. The summed E-state index contributed by atoms with van der Waals surface area (Å²) < 4.78 is 15.9. The van der Waals surface area contributed by atoms with Crippen molar-refractivity contribution in [1.29, 1.82) is 0 Å². The Morgan fingerprint density at radius 2 is 2.18 bits per heavy atom. The SMILES string of the molecule is CCOC(=O)C(C)(C)[C@H](O)[C@H]1COC(C)(C)O1. The van der Waals surface area contributed by atoms with Gasteiger partial charge in [0.1, 0.15) is 6.10 Å². The van der Waals surface area contributed by atoms with Gasteiger partial charge in [0.15, 0.2) is 5.79 Å². The molecule has 1 aliphatic rings. The topological polar surface area (TPSA) is 65.0 Å². The van der Waals surface area contributed by atoms with Gasteiger partial charge in [-0.3, -0.25) is 4.79 Å². The van der Waals surface area contributed by atoms with Crippen LogP contribution in [0.4, 0.5) is 0 Å². The molecule has 5 heteroatoms. The summed E-state index contributed by atoms with van der Waals surface area (Å²) in [4.78, 5) is 11.7.